The summed E-state index contributed by atoms with van der Waals surface area (Å²) in [6.45, 7) is 7.03. The molecule has 116 valence electrons. The van der Waals surface area contributed by atoms with Crippen LogP contribution in [0.2, 0.25) is 0 Å². The van der Waals surface area contributed by atoms with Gasteiger partial charge in [-0.3, -0.25) is 4.98 Å². The van der Waals surface area contributed by atoms with Crippen molar-refractivity contribution in [3.8, 4) is 5.75 Å². The third-order valence-electron chi connectivity index (χ3n) is 4.47. The Balaban J connectivity index is 1.51. The number of piperazine rings is 1. The maximum Gasteiger partial charge on any atom is 0.127 e. The average molecular weight is 299 g/mol. The van der Waals surface area contributed by atoms with Gasteiger partial charge in [-0.25, -0.2) is 0 Å². The van der Waals surface area contributed by atoms with E-state index in [-0.39, 0.29) is 0 Å². The predicted octanol–water partition coefficient (Wildman–Crippen LogP) is -0.426. The van der Waals surface area contributed by atoms with Crippen LogP contribution in [0, 0.1) is 0 Å². The number of pyridine rings is 1. The van der Waals surface area contributed by atoms with Crippen molar-refractivity contribution < 1.29 is 14.5 Å². The molecule has 4 nitrogen and oxygen atoms in total. The molecule has 2 heterocycles. The van der Waals surface area contributed by atoms with E-state index in [0.717, 1.165) is 18.8 Å². The Kier molecular flexibility index (Phi) is 5.03. The quantitative estimate of drug-likeness (QED) is 0.785. The molecule has 2 aromatic rings. The lowest BCUT2D eigenvalue weighted by molar-refractivity contribution is -1.02. The second kappa shape index (κ2) is 7.38. The molecule has 4 heteroatoms. The number of hydrogen-bond donors (Lipinski definition) is 2. The van der Waals surface area contributed by atoms with Crippen LogP contribution in [-0.2, 0) is 13.1 Å². The summed E-state index contributed by atoms with van der Waals surface area (Å²) < 4.78 is 5.46. The normalized spacial score (nSPS) is 21.5. The van der Waals surface area contributed by atoms with Gasteiger partial charge in [0.25, 0.3) is 0 Å². The molecule has 1 aliphatic rings. The highest BCUT2D eigenvalue weighted by atomic mass is 16.5. The molecule has 0 unspecified atom stereocenters. The van der Waals surface area contributed by atoms with Crippen molar-refractivity contribution in [1.29, 1.82) is 0 Å². The molecule has 1 aromatic carbocycles. The Morgan fingerprint density at radius 1 is 0.955 bits per heavy atom. The Morgan fingerprint density at radius 3 is 2.36 bits per heavy atom. The van der Waals surface area contributed by atoms with E-state index in [4.69, 9.17) is 4.74 Å². The van der Waals surface area contributed by atoms with E-state index in [2.05, 4.69) is 29.2 Å². The molecule has 0 saturated carbocycles. The lowest BCUT2D eigenvalue weighted by Crippen LogP contribution is -3.27. The van der Waals surface area contributed by atoms with Crippen LogP contribution in [0.3, 0.4) is 0 Å². The van der Waals surface area contributed by atoms with Crippen LogP contribution in [0.25, 0.3) is 0 Å². The third kappa shape index (κ3) is 3.84. The number of para-hydroxylation sites is 1. The van der Waals surface area contributed by atoms with Crippen LogP contribution in [0.5, 0.6) is 5.75 Å². The number of methoxy groups -OCH3 is 1. The van der Waals surface area contributed by atoms with E-state index in [1.54, 1.807) is 16.9 Å². The van der Waals surface area contributed by atoms with Crippen molar-refractivity contribution >= 4 is 0 Å². The zero-order valence-corrected chi connectivity index (χ0v) is 13.2. The summed E-state index contributed by atoms with van der Waals surface area (Å²) in [5.41, 5.74) is 2.65. The van der Waals surface area contributed by atoms with E-state index in [1.165, 1.54) is 37.3 Å². The van der Waals surface area contributed by atoms with Crippen molar-refractivity contribution in [3.63, 3.8) is 0 Å². The number of benzene rings is 1. The first-order valence-electron chi connectivity index (χ1n) is 8.03. The molecule has 1 saturated heterocycles. The number of hydrogen-bond acceptors (Lipinski definition) is 2. The molecular weight excluding hydrogens is 274 g/mol. The maximum atomic E-state index is 5.46. The fourth-order valence-electron chi connectivity index (χ4n) is 3.22. The number of rotatable bonds is 5. The van der Waals surface area contributed by atoms with Crippen molar-refractivity contribution in [1.82, 2.24) is 4.98 Å². The van der Waals surface area contributed by atoms with Gasteiger partial charge in [-0.1, -0.05) is 18.2 Å². The second-order valence-electron chi connectivity index (χ2n) is 6.03. The Hall–Kier alpha value is -1.91. The Labute approximate surface area is 132 Å². The standard InChI is InChI=1S/C18H23N3O/c1-22-18-7-3-2-6-17(18)15-21-11-9-20(10-12-21)14-16-5-4-8-19-13-16/h2-8,13H,9-12,14-15H2,1H3/p+2. The van der Waals surface area contributed by atoms with E-state index >= 15 is 0 Å². The van der Waals surface area contributed by atoms with Gasteiger partial charge in [-0.2, -0.15) is 0 Å². The van der Waals surface area contributed by atoms with Gasteiger partial charge in [-0.15, -0.1) is 0 Å². The minimum atomic E-state index is 1.01. The molecular formula is C18H25N3O+2. The minimum absolute atomic E-state index is 1.01. The minimum Gasteiger partial charge on any atom is -0.496 e. The molecule has 0 bridgehead atoms. The van der Waals surface area contributed by atoms with E-state index in [9.17, 15) is 0 Å². The predicted molar refractivity (Wildman–Crippen MR) is 86.0 cm³/mol. The van der Waals surface area contributed by atoms with Crippen LogP contribution in [0.1, 0.15) is 11.1 Å². The monoisotopic (exact) mass is 299 g/mol. The molecule has 0 radical (unpaired) electrons. The molecule has 1 aromatic heterocycles. The molecule has 0 spiro atoms. The van der Waals surface area contributed by atoms with Gasteiger partial charge in [0.05, 0.1) is 7.11 Å². The van der Waals surface area contributed by atoms with Gasteiger partial charge in [0.1, 0.15) is 45.0 Å². The Bertz CT molecular complexity index is 580. The fraction of sp³-hybridized carbons (Fsp3) is 0.389. The molecule has 0 atom stereocenters. The largest absolute Gasteiger partial charge is 0.496 e. The summed E-state index contributed by atoms with van der Waals surface area (Å²) in [6, 6.07) is 12.6. The molecule has 2 N–H and O–H groups in total. The van der Waals surface area contributed by atoms with E-state index < -0.39 is 0 Å². The van der Waals surface area contributed by atoms with Crippen molar-refractivity contribution in [2.45, 2.75) is 13.1 Å². The fourth-order valence-corrected chi connectivity index (χ4v) is 3.22. The highest BCUT2D eigenvalue weighted by Gasteiger charge is 2.23. The zero-order valence-electron chi connectivity index (χ0n) is 13.2. The number of quaternary nitrogens is 2. The third-order valence-corrected chi connectivity index (χ3v) is 4.47. The van der Waals surface area contributed by atoms with Crippen LogP contribution >= 0.6 is 0 Å². The van der Waals surface area contributed by atoms with Gasteiger partial charge in [0, 0.05) is 23.5 Å². The summed E-state index contributed by atoms with van der Waals surface area (Å²) in [7, 11) is 1.75. The molecule has 0 aliphatic carbocycles. The first-order chi connectivity index (χ1) is 10.8. The highest BCUT2D eigenvalue weighted by Crippen LogP contribution is 2.15. The average Bonchev–Trinajstić information content (AvgIpc) is 2.58. The first kappa shape index (κ1) is 15.0. The SMILES string of the molecule is COc1ccccc1C[NH+]1CC[NH+](Cc2cccnc2)CC1. The highest BCUT2D eigenvalue weighted by molar-refractivity contribution is 5.32. The lowest BCUT2D eigenvalue weighted by Gasteiger charge is -2.30. The maximum absolute atomic E-state index is 5.46. The molecule has 3 rings (SSSR count). The van der Waals surface area contributed by atoms with Gasteiger partial charge in [0.15, 0.2) is 0 Å². The topological polar surface area (TPSA) is 31.0 Å². The summed E-state index contributed by atoms with van der Waals surface area (Å²) in [4.78, 5) is 7.52. The molecule has 1 fully saturated rings. The van der Waals surface area contributed by atoms with Crippen LogP contribution in [0.15, 0.2) is 48.8 Å². The second-order valence-corrected chi connectivity index (χ2v) is 6.03. The van der Waals surface area contributed by atoms with Crippen molar-refractivity contribution in [2.75, 3.05) is 33.3 Å². The smallest absolute Gasteiger partial charge is 0.127 e. The van der Waals surface area contributed by atoms with Gasteiger partial charge in [0.2, 0.25) is 0 Å². The Morgan fingerprint density at radius 2 is 1.68 bits per heavy atom. The molecule has 1 aliphatic heterocycles. The van der Waals surface area contributed by atoms with Gasteiger partial charge >= 0.3 is 0 Å². The van der Waals surface area contributed by atoms with E-state index in [0.29, 0.717) is 0 Å². The number of ether oxygens (including phenoxy) is 1. The summed E-state index contributed by atoms with van der Waals surface area (Å²) in [6.07, 6.45) is 3.83. The lowest BCUT2D eigenvalue weighted by atomic mass is 10.1. The first-order valence-corrected chi connectivity index (χ1v) is 8.03. The van der Waals surface area contributed by atoms with Crippen LogP contribution in [-0.4, -0.2) is 38.3 Å². The van der Waals surface area contributed by atoms with Crippen LogP contribution in [0.4, 0.5) is 0 Å². The van der Waals surface area contributed by atoms with Gasteiger partial charge < -0.3 is 14.5 Å². The van der Waals surface area contributed by atoms with E-state index in [1.807, 2.05) is 24.5 Å². The summed E-state index contributed by atoms with van der Waals surface area (Å²) >= 11 is 0. The number of aromatic nitrogens is 1. The zero-order chi connectivity index (χ0) is 15.2. The number of nitrogens with zero attached hydrogens (tertiary/aromatic N) is 1. The van der Waals surface area contributed by atoms with Crippen LogP contribution < -0.4 is 14.5 Å². The van der Waals surface area contributed by atoms with Crippen molar-refractivity contribution in [2.24, 2.45) is 0 Å². The summed E-state index contributed by atoms with van der Waals surface area (Å²) in [5, 5.41) is 0. The summed E-state index contributed by atoms with van der Waals surface area (Å²) in [5.74, 6) is 1.01. The number of nitrogens with one attached hydrogen (secondary N) is 2. The van der Waals surface area contributed by atoms with Gasteiger partial charge in [-0.05, 0) is 18.2 Å². The molecule has 0 amide bonds. The molecule has 22 heavy (non-hydrogen) atoms. The van der Waals surface area contributed by atoms with Crippen molar-refractivity contribution in [3.05, 3.63) is 59.9 Å².